The van der Waals surface area contributed by atoms with Crippen LogP contribution in [0.3, 0.4) is 0 Å². The Balaban J connectivity index is 2.02. The first-order chi connectivity index (χ1) is 8.75. The van der Waals surface area contributed by atoms with E-state index in [0.717, 1.165) is 26.2 Å². The zero-order chi connectivity index (χ0) is 12.5. The van der Waals surface area contributed by atoms with Crippen LogP contribution in [0, 0.1) is 6.92 Å². The highest BCUT2D eigenvalue weighted by Gasteiger charge is 2.18. The molecule has 1 N–H and O–H groups in total. The molecule has 1 aliphatic rings. The Hall–Kier alpha value is -1.32. The number of aromatic nitrogens is 1. The van der Waals surface area contributed by atoms with Crippen molar-refractivity contribution in [3.05, 3.63) is 35.5 Å². The van der Waals surface area contributed by atoms with Crippen LogP contribution in [0.5, 0.6) is 0 Å². The molecule has 3 rings (SSSR count). The highest BCUT2D eigenvalue weighted by molar-refractivity contribution is 5.82. The predicted octanol–water partition coefficient (Wildman–Crippen LogP) is 2.54. The summed E-state index contributed by atoms with van der Waals surface area (Å²) >= 11 is 0. The average molecular weight is 244 g/mol. The molecule has 0 spiro atoms. The minimum Gasteiger partial charge on any atom is -0.379 e. The quantitative estimate of drug-likeness (QED) is 0.834. The van der Waals surface area contributed by atoms with Gasteiger partial charge in [0.05, 0.1) is 12.6 Å². The van der Waals surface area contributed by atoms with Gasteiger partial charge in [0.15, 0.2) is 0 Å². The fraction of sp³-hybridized carbons (Fsp3) is 0.467. The van der Waals surface area contributed by atoms with Crippen LogP contribution >= 0.6 is 0 Å². The fourth-order valence-corrected chi connectivity index (χ4v) is 2.73. The average Bonchev–Trinajstić information content (AvgIpc) is 2.57. The van der Waals surface area contributed by atoms with Crippen LogP contribution in [0.4, 0.5) is 0 Å². The van der Waals surface area contributed by atoms with Gasteiger partial charge in [-0.05, 0) is 38.1 Å². The summed E-state index contributed by atoms with van der Waals surface area (Å²) in [6, 6.07) is 9.21. The van der Waals surface area contributed by atoms with Crippen LogP contribution in [0.25, 0.3) is 10.9 Å². The molecule has 1 aliphatic heterocycles. The monoisotopic (exact) mass is 244 g/mol. The molecule has 96 valence electrons. The van der Waals surface area contributed by atoms with Gasteiger partial charge in [0.2, 0.25) is 0 Å². The molecular formula is C15H20N2O. The Bertz CT molecular complexity index is 551. The van der Waals surface area contributed by atoms with Crippen LogP contribution < -0.4 is 5.32 Å². The summed E-state index contributed by atoms with van der Waals surface area (Å²) in [5, 5.41) is 4.89. The molecule has 1 fully saturated rings. The van der Waals surface area contributed by atoms with Gasteiger partial charge in [-0.25, -0.2) is 0 Å². The lowest BCUT2D eigenvalue weighted by atomic mass is 10.1. The Morgan fingerprint density at radius 2 is 2.22 bits per heavy atom. The van der Waals surface area contributed by atoms with E-state index in [-0.39, 0.29) is 0 Å². The second kappa shape index (κ2) is 4.75. The maximum absolute atomic E-state index is 5.66. The molecule has 3 nitrogen and oxygen atoms in total. The van der Waals surface area contributed by atoms with E-state index in [4.69, 9.17) is 4.74 Å². The number of hydrogen-bond acceptors (Lipinski definition) is 2. The molecule has 18 heavy (non-hydrogen) atoms. The molecule has 1 atom stereocenters. The summed E-state index contributed by atoms with van der Waals surface area (Å²) in [6.07, 6.45) is 1.10. The van der Waals surface area contributed by atoms with E-state index in [2.05, 4.69) is 48.1 Å². The number of benzene rings is 1. The molecule has 2 aromatic rings. The molecule has 0 radical (unpaired) electrons. The lowest BCUT2D eigenvalue weighted by Gasteiger charge is -2.16. The Kier molecular flexibility index (Phi) is 3.10. The highest BCUT2D eigenvalue weighted by atomic mass is 16.5. The zero-order valence-electron chi connectivity index (χ0n) is 11.1. The van der Waals surface area contributed by atoms with E-state index >= 15 is 0 Å². The topological polar surface area (TPSA) is 26.2 Å². The molecule has 0 amide bonds. The van der Waals surface area contributed by atoms with E-state index in [1.165, 1.54) is 22.2 Å². The number of fused-ring (bicyclic) bond motifs is 1. The number of ether oxygens (including phenoxy) is 1. The molecular weight excluding hydrogens is 224 g/mol. The van der Waals surface area contributed by atoms with Gasteiger partial charge >= 0.3 is 0 Å². The largest absolute Gasteiger partial charge is 0.379 e. The fourth-order valence-electron chi connectivity index (χ4n) is 2.73. The van der Waals surface area contributed by atoms with Crippen molar-refractivity contribution >= 4 is 10.9 Å². The second-order valence-electron chi connectivity index (χ2n) is 5.13. The maximum atomic E-state index is 5.66. The van der Waals surface area contributed by atoms with Crippen molar-refractivity contribution in [3.63, 3.8) is 0 Å². The molecule has 0 saturated carbocycles. The summed E-state index contributed by atoms with van der Waals surface area (Å²) in [4.78, 5) is 0. The molecule has 3 heteroatoms. The molecule has 0 bridgehead atoms. The van der Waals surface area contributed by atoms with Crippen LogP contribution in [0.2, 0.25) is 0 Å². The van der Waals surface area contributed by atoms with Crippen molar-refractivity contribution in [1.29, 1.82) is 0 Å². The summed E-state index contributed by atoms with van der Waals surface area (Å²) in [6.45, 7) is 4.81. The smallest absolute Gasteiger partial charge is 0.0712 e. The number of rotatable bonds is 1. The third-order valence-electron chi connectivity index (χ3n) is 3.73. The standard InChI is InChI=1S/C15H20N2O/c1-11-4-5-14-12(8-11)9-15(17(14)2)13-10-18-7-3-6-16-13/h4-5,8-9,13,16H,3,6-7,10H2,1-2H3. The third-order valence-corrected chi connectivity index (χ3v) is 3.73. The Morgan fingerprint density at radius 1 is 1.33 bits per heavy atom. The molecule has 1 aromatic heterocycles. The van der Waals surface area contributed by atoms with Gasteiger partial charge in [-0.3, -0.25) is 0 Å². The Labute approximate surface area is 108 Å². The van der Waals surface area contributed by atoms with Crippen LogP contribution in [0.1, 0.15) is 23.7 Å². The molecule has 1 aromatic carbocycles. The van der Waals surface area contributed by atoms with E-state index in [0.29, 0.717) is 6.04 Å². The van der Waals surface area contributed by atoms with Gasteiger partial charge in [0, 0.05) is 30.3 Å². The van der Waals surface area contributed by atoms with Gasteiger partial charge in [0.25, 0.3) is 0 Å². The lowest BCUT2D eigenvalue weighted by molar-refractivity contribution is 0.130. The predicted molar refractivity (Wildman–Crippen MR) is 73.8 cm³/mol. The molecule has 0 aliphatic carbocycles. The minimum atomic E-state index is 0.310. The lowest BCUT2D eigenvalue weighted by Crippen LogP contribution is -2.25. The SMILES string of the molecule is Cc1ccc2c(c1)cc(C1COCCCN1)n2C. The molecule has 1 unspecified atom stereocenters. The van der Waals surface area contributed by atoms with E-state index in [9.17, 15) is 0 Å². The normalized spacial score (nSPS) is 21.1. The third kappa shape index (κ3) is 2.04. The van der Waals surface area contributed by atoms with Crippen molar-refractivity contribution in [2.45, 2.75) is 19.4 Å². The number of nitrogens with one attached hydrogen (secondary N) is 1. The summed E-state index contributed by atoms with van der Waals surface area (Å²) in [7, 11) is 2.14. The Morgan fingerprint density at radius 3 is 3.11 bits per heavy atom. The van der Waals surface area contributed by atoms with Gasteiger partial charge in [-0.1, -0.05) is 11.6 Å². The zero-order valence-corrected chi connectivity index (χ0v) is 11.1. The van der Waals surface area contributed by atoms with Gasteiger partial charge in [-0.15, -0.1) is 0 Å². The van der Waals surface area contributed by atoms with Crippen LogP contribution in [0.15, 0.2) is 24.3 Å². The van der Waals surface area contributed by atoms with Gasteiger partial charge < -0.3 is 14.6 Å². The first kappa shape index (κ1) is 11.8. The van der Waals surface area contributed by atoms with Gasteiger partial charge in [-0.2, -0.15) is 0 Å². The number of hydrogen-bond donors (Lipinski definition) is 1. The van der Waals surface area contributed by atoms with Crippen molar-refractivity contribution in [2.24, 2.45) is 7.05 Å². The summed E-state index contributed by atoms with van der Waals surface area (Å²) in [5.41, 5.74) is 3.92. The van der Waals surface area contributed by atoms with Crippen molar-refractivity contribution < 1.29 is 4.74 Å². The molecule has 2 heterocycles. The molecule has 1 saturated heterocycles. The van der Waals surface area contributed by atoms with Gasteiger partial charge in [0.1, 0.15) is 0 Å². The summed E-state index contributed by atoms with van der Waals surface area (Å²) in [5.74, 6) is 0. The second-order valence-corrected chi connectivity index (χ2v) is 5.13. The van der Waals surface area contributed by atoms with Crippen molar-refractivity contribution in [1.82, 2.24) is 9.88 Å². The minimum absolute atomic E-state index is 0.310. The van der Waals surface area contributed by atoms with E-state index < -0.39 is 0 Å². The summed E-state index contributed by atoms with van der Waals surface area (Å²) < 4.78 is 7.94. The van der Waals surface area contributed by atoms with E-state index in [1.54, 1.807) is 0 Å². The first-order valence-corrected chi connectivity index (χ1v) is 6.63. The number of aryl methyl sites for hydroxylation is 2. The maximum Gasteiger partial charge on any atom is 0.0712 e. The highest BCUT2D eigenvalue weighted by Crippen LogP contribution is 2.25. The van der Waals surface area contributed by atoms with E-state index in [1.807, 2.05) is 0 Å². The van der Waals surface area contributed by atoms with Crippen molar-refractivity contribution in [2.75, 3.05) is 19.8 Å². The van der Waals surface area contributed by atoms with Crippen molar-refractivity contribution in [3.8, 4) is 0 Å². The van der Waals surface area contributed by atoms with Crippen LogP contribution in [-0.4, -0.2) is 24.3 Å². The first-order valence-electron chi connectivity index (χ1n) is 6.63. The van der Waals surface area contributed by atoms with Crippen LogP contribution in [-0.2, 0) is 11.8 Å². The number of nitrogens with zero attached hydrogens (tertiary/aromatic N) is 1.